The highest BCUT2D eigenvalue weighted by molar-refractivity contribution is 7.99. The fourth-order valence-electron chi connectivity index (χ4n) is 2.79. The zero-order chi connectivity index (χ0) is 12.3. The zero-order valence-corrected chi connectivity index (χ0v) is 11.1. The van der Waals surface area contributed by atoms with Gasteiger partial charge < -0.3 is 9.84 Å². The molecule has 0 saturated carbocycles. The van der Waals surface area contributed by atoms with Crippen LogP contribution >= 0.6 is 11.8 Å². The zero-order valence-electron chi connectivity index (χ0n) is 10.3. The molecule has 2 aliphatic rings. The van der Waals surface area contributed by atoms with Gasteiger partial charge in [0.1, 0.15) is 0 Å². The van der Waals surface area contributed by atoms with Crippen molar-refractivity contribution >= 4 is 17.7 Å². The number of thioether (sulfide) groups is 1. The fraction of sp³-hybridized carbons (Fsp3) is 0.917. The van der Waals surface area contributed by atoms with Crippen LogP contribution in [-0.2, 0) is 9.53 Å². The number of aliphatic carboxylic acids is 1. The number of carbonyl (C=O) groups is 1. The summed E-state index contributed by atoms with van der Waals surface area (Å²) in [4.78, 5) is 13.3. The predicted octanol–water partition coefficient (Wildman–Crippen LogP) is 1.30. The van der Waals surface area contributed by atoms with Crippen LogP contribution < -0.4 is 0 Å². The van der Waals surface area contributed by atoms with Gasteiger partial charge >= 0.3 is 5.97 Å². The van der Waals surface area contributed by atoms with Crippen LogP contribution in [0.25, 0.3) is 0 Å². The van der Waals surface area contributed by atoms with Gasteiger partial charge in [-0.2, -0.15) is 11.8 Å². The van der Waals surface area contributed by atoms with Crippen molar-refractivity contribution in [2.75, 3.05) is 31.3 Å². The summed E-state index contributed by atoms with van der Waals surface area (Å²) in [6.45, 7) is 4.94. The number of nitrogens with zero attached hydrogens (tertiary/aromatic N) is 1. The van der Waals surface area contributed by atoms with Crippen molar-refractivity contribution in [1.29, 1.82) is 0 Å². The number of ether oxygens (including phenoxy) is 1. The molecule has 2 fully saturated rings. The highest BCUT2D eigenvalue weighted by Crippen LogP contribution is 2.27. The van der Waals surface area contributed by atoms with E-state index in [1.165, 1.54) is 0 Å². The lowest BCUT2D eigenvalue weighted by molar-refractivity contribution is -0.138. The summed E-state index contributed by atoms with van der Waals surface area (Å²) in [7, 11) is 0. The van der Waals surface area contributed by atoms with E-state index >= 15 is 0 Å². The van der Waals surface area contributed by atoms with Crippen molar-refractivity contribution in [2.24, 2.45) is 5.92 Å². The maximum Gasteiger partial charge on any atom is 0.304 e. The van der Waals surface area contributed by atoms with Crippen molar-refractivity contribution in [3.8, 4) is 0 Å². The van der Waals surface area contributed by atoms with Gasteiger partial charge in [0, 0.05) is 36.7 Å². The molecule has 0 aromatic rings. The molecule has 0 aromatic heterocycles. The Hall–Kier alpha value is -0.260. The first-order valence-electron chi connectivity index (χ1n) is 6.31. The van der Waals surface area contributed by atoms with Crippen LogP contribution in [0.3, 0.4) is 0 Å². The van der Waals surface area contributed by atoms with Crippen molar-refractivity contribution in [3.63, 3.8) is 0 Å². The quantitative estimate of drug-likeness (QED) is 0.825. The summed E-state index contributed by atoms with van der Waals surface area (Å²) in [5, 5.41) is 8.97. The number of hydrogen-bond donors (Lipinski definition) is 1. The first-order chi connectivity index (χ1) is 8.18. The highest BCUT2D eigenvalue weighted by Gasteiger charge is 2.33. The Morgan fingerprint density at radius 3 is 3.12 bits per heavy atom. The van der Waals surface area contributed by atoms with Gasteiger partial charge in [-0.3, -0.25) is 9.69 Å². The van der Waals surface area contributed by atoms with Crippen molar-refractivity contribution in [1.82, 2.24) is 4.90 Å². The van der Waals surface area contributed by atoms with Crippen LogP contribution in [0.5, 0.6) is 0 Å². The molecule has 2 heterocycles. The van der Waals surface area contributed by atoms with E-state index in [1.807, 2.05) is 11.8 Å². The van der Waals surface area contributed by atoms with Crippen LogP contribution in [0.1, 0.15) is 19.8 Å². The molecule has 2 rings (SSSR count). The average molecular weight is 259 g/mol. The molecule has 0 bridgehead atoms. The van der Waals surface area contributed by atoms with Crippen LogP contribution in [-0.4, -0.2) is 59.3 Å². The molecule has 3 unspecified atom stereocenters. The Morgan fingerprint density at radius 2 is 2.47 bits per heavy atom. The summed E-state index contributed by atoms with van der Waals surface area (Å²) in [6, 6.07) is 0.643. The van der Waals surface area contributed by atoms with Gasteiger partial charge in [-0.25, -0.2) is 0 Å². The SMILES string of the molecule is CC(C1CCOC1)N1CCSCC1CC(=O)O. The van der Waals surface area contributed by atoms with E-state index in [0.717, 1.165) is 37.7 Å². The maximum absolute atomic E-state index is 10.9. The van der Waals surface area contributed by atoms with E-state index < -0.39 is 5.97 Å². The van der Waals surface area contributed by atoms with Crippen LogP contribution in [0.4, 0.5) is 0 Å². The maximum atomic E-state index is 10.9. The molecule has 0 amide bonds. The Kier molecular flexibility index (Phi) is 4.70. The number of hydrogen-bond acceptors (Lipinski definition) is 4. The van der Waals surface area contributed by atoms with Crippen LogP contribution in [0.15, 0.2) is 0 Å². The average Bonchev–Trinajstić information content (AvgIpc) is 2.81. The minimum Gasteiger partial charge on any atom is -0.481 e. The summed E-state index contributed by atoms with van der Waals surface area (Å²) in [6.07, 6.45) is 1.38. The minimum atomic E-state index is -0.683. The molecule has 0 radical (unpaired) electrons. The molecule has 2 saturated heterocycles. The Morgan fingerprint density at radius 1 is 1.65 bits per heavy atom. The summed E-state index contributed by atoms with van der Waals surface area (Å²) in [5.41, 5.74) is 0. The largest absolute Gasteiger partial charge is 0.481 e. The van der Waals surface area contributed by atoms with Gasteiger partial charge in [0.05, 0.1) is 13.0 Å². The molecule has 98 valence electrons. The molecular formula is C12H21NO3S. The second-order valence-electron chi connectivity index (χ2n) is 4.93. The lowest BCUT2D eigenvalue weighted by Gasteiger charge is -2.41. The minimum absolute atomic E-state index is 0.196. The first kappa shape index (κ1) is 13.2. The van der Waals surface area contributed by atoms with Crippen LogP contribution in [0, 0.1) is 5.92 Å². The molecule has 4 nitrogen and oxygen atoms in total. The number of rotatable bonds is 4. The Labute approximate surface area is 107 Å². The lowest BCUT2D eigenvalue weighted by atomic mass is 9.97. The molecule has 2 aliphatic heterocycles. The fourth-order valence-corrected chi connectivity index (χ4v) is 3.87. The molecule has 0 spiro atoms. The molecule has 1 N–H and O–H groups in total. The van der Waals surface area contributed by atoms with E-state index in [9.17, 15) is 4.79 Å². The van der Waals surface area contributed by atoms with Gasteiger partial charge in [0.2, 0.25) is 0 Å². The molecule has 0 aromatic carbocycles. The Bertz CT molecular complexity index is 268. The number of carboxylic acids is 1. The van der Waals surface area contributed by atoms with Crippen LogP contribution in [0.2, 0.25) is 0 Å². The highest BCUT2D eigenvalue weighted by atomic mass is 32.2. The monoisotopic (exact) mass is 259 g/mol. The Balaban J connectivity index is 1.96. The van der Waals surface area contributed by atoms with Crippen molar-refractivity contribution in [3.05, 3.63) is 0 Å². The normalized spacial score (nSPS) is 32.5. The van der Waals surface area contributed by atoms with Crippen molar-refractivity contribution < 1.29 is 14.6 Å². The van der Waals surface area contributed by atoms with E-state index in [4.69, 9.17) is 9.84 Å². The summed E-state index contributed by atoms with van der Waals surface area (Å²) < 4.78 is 5.44. The lowest BCUT2D eigenvalue weighted by Crippen LogP contribution is -2.50. The molecular weight excluding hydrogens is 238 g/mol. The predicted molar refractivity (Wildman–Crippen MR) is 68.5 cm³/mol. The standard InChI is InChI=1S/C12H21NO3S/c1-9(10-2-4-16-7-10)13-3-5-17-8-11(13)6-12(14)15/h9-11H,2-8H2,1H3,(H,14,15). The first-order valence-corrected chi connectivity index (χ1v) is 7.47. The van der Waals surface area contributed by atoms with E-state index in [1.54, 1.807) is 0 Å². The van der Waals surface area contributed by atoms with E-state index in [0.29, 0.717) is 12.0 Å². The summed E-state index contributed by atoms with van der Waals surface area (Å²) >= 11 is 1.87. The van der Waals surface area contributed by atoms with Crippen molar-refractivity contribution in [2.45, 2.75) is 31.8 Å². The molecule has 17 heavy (non-hydrogen) atoms. The second-order valence-corrected chi connectivity index (χ2v) is 6.08. The molecule has 3 atom stereocenters. The molecule has 0 aliphatic carbocycles. The van der Waals surface area contributed by atoms with E-state index in [-0.39, 0.29) is 12.5 Å². The molecule has 5 heteroatoms. The van der Waals surface area contributed by atoms with E-state index in [2.05, 4.69) is 11.8 Å². The van der Waals surface area contributed by atoms with Gasteiger partial charge in [-0.15, -0.1) is 0 Å². The van der Waals surface area contributed by atoms with Gasteiger partial charge in [-0.05, 0) is 19.3 Å². The van der Waals surface area contributed by atoms with Gasteiger partial charge in [-0.1, -0.05) is 0 Å². The third kappa shape index (κ3) is 3.36. The van der Waals surface area contributed by atoms with Gasteiger partial charge in [0.15, 0.2) is 0 Å². The smallest absolute Gasteiger partial charge is 0.304 e. The third-order valence-corrected chi connectivity index (χ3v) is 4.95. The van der Waals surface area contributed by atoms with Gasteiger partial charge in [0.25, 0.3) is 0 Å². The topological polar surface area (TPSA) is 49.8 Å². The number of carboxylic acid groups (broad SMARTS) is 1. The third-order valence-electron chi connectivity index (χ3n) is 3.85. The second kappa shape index (κ2) is 6.07. The summed E-state index contributed by atoms with van der Waals surface area (Å²) in [5.74, 6) is 1.96.